The zero-order valence-corrected chi connectivity index (χ0v) is 11.2. The van der Waals surface area contributed by atoms with Gasteiger partial charge in [-0.2, -0.15) is 0 Å². The maximum Gasteiger partial charge on any atom is 0.217 e. The van der Waals surface area contributed by atoms with Gasteiger partial charge in [-0.15, -0.1) is 0 Å². The molecular weight excluding hydrogens is 224 g/mol. The predicted molar refractivity (Wildman–Crippen MR) is 67.0 cm³/mol. The van der Waals surface area contributed by atoms with Crippen LogP contribution in [0.2, 0.25) is 0 Å². The predicted octanol–water partition coefficient (Wildman–Crippen LogP) is 1.19. The first kappa shape index (κ1) is 13.9. The quantitative estimate of drug-likeness (QED) is 0.718. The summed E-state index contributed by atoms with van der Waals surface area (Å²) < 4.78 is 25.9. The molecule has 1 aliphatic heterocycles. The van der Waals surface area contributed by atoms with Crippen molar-refractivity contribution in [3.8, 4) is 0 Å². The molecule has 1 aliphatic rings. The van der Waals surface area contributed by atoms with Crippen LogP contribution < -0.4 is 5.32 Å². The zero-order chi connectivity index (χ0) is 12.0. The Labute approximate surface area is 99.5 Å². The zero-order valence-electron chi connectivity index (χ0n) is 10.4. The van der Waals surface area contributed by atoms with Gasteiger partial charge < -0.3 is 5.32 Å². The molecule has 1 N–H and O–H groups in total. The van der Waals surface area contributed by atoms with Crippen molar-refractivity contribution >= 4 is 10.0 Å². The summed E-state index contributed by atoms with van der Waals surface area (Å²) in [7, 11) is -1.36. The van der Waals surface area contributed by atoms with Crippen molar-refractivity contribution in [2.75, 3.05) is 26.7 Å². The second-order valence-electron chi connectivity index (χ2n) is 4.54. The minimum atomic E-state index is -3.07. The second kappa shape index (κ2) is 6.57. The van der Waals surface area contributed by atoms with Crippen molar-refractivity contribution < 1.29 is 8.42 Å². The summed E-state index contributed by atoms with van der Waals surface area (Å²) in [6.07, 6.45) is 4.95. The Kier molecular flexibility index (Phi) is 5.72. The van der Waals surface area contributed by atoms with E-state index in [9.17, 15) is 8.42 Å². The van der Waals surface area contributed by atoms with Gasteiger partial charge in [0.25, 0.3) is 0 Å². The molecule has 16 heavy (non-hydrogen) atoms. The summed E-state index contributed by atoms with van der Waals surface area (Å²) in [5, 5.41) is 2.94. The first-order valence-electron chi connectivity index (χ1n) is 6.25. The number of nitrogens with one attached hydrogen (secondary N) is 1. The highest BCUT2D eigenvalue weighted by Crippen LogP contribution is 2.15. The summed E-state index contributed by atoms with van der Waals surface area (Å²) in [6, 6.07) is 0. The smallest absolute Gasteiger partial charge is 0.217 e. The number of piperidine rings is 1. The van der Waals surface area contributed by atoms with Crippen LogP contribution in [-0.2, 0) is 10.0 Å². The summed E-state index contributed by atoms with van der Waals surface area (Å²) >= 11 is 0. The molecule has 0 aromatic carbocycles. The van der Waals surface area contributed by atoms with E-state index in [1.807, 2.05) is 0 Å². The number of rotatable bonds is 6. The fourth-order valence-corrected chi connectivity index (χ4v) is 3.73. The monoisotopic (exact) mass is 248 g/mol. The van der Waals surface area contributed by atoms with Crippen LogP contribution in [0.3, 0.4) is 0 Å². The third-order valence-electron chi connectivity index (χ3n) is 3.18. The first-order chi connectivity index (χ1) is 7.59. The van der Waals surface area contributed by atoms with Crippen LogP contribution in [0.4, 0.5) is 0 Å². The minimum absolute atomic E-state index is 0.215. The Morgan fingerprint density at radius 1 is 1.38 bits per heavy atom. The van der Waals surface area contributed by atoms with Crippen LogP contribution in [0.25, 0.3) is 0 Å². The molecule has 4 nitrogen and oxygen atoms in total. The van der Waals surface area contributed by atoms with Gasteiger partial charge in [0.05, 0.1) is 5.25 Å². The average molecular weight is 248 g/mol. The van der Waals surface area contributed by atoms with Crippen LogP contribution in [0.15, 0.2) is 0 Å². The Morgan fingerprint density at radius 2 is 2.12 bits per heavy atom. The molecule has 1 rings (SSSR count). The molecule has 1 fully saturated rings. The van der Waals surface area contributed by atoms with Crippen LogP contribution in [0.5, 0.6) is 0 Å². The maximum absolute atomic E-state index is 12.2. The van der Waals surface area contributed by atoms with Gasteiger partial charge in [-0.1, -0.05) is 19.8 Å². The Bertz CT molecular complexity index is 284. The van der Waals surface area contributed by atoms with Crippen LogP contribution >= 0.6 is 0 Å². The lowest BCUT2D eigenvalue weighted by molar-refractivity contribution is 0.423. The largest absolute Gasteiger partial charge is 0.315 e. The summed E-state index contributed by atoms with van der Waals surface area (Å²) in [5.41, 5.74) is 0. The Balaban J connectivity index is 2.47. The lowest BCUT2D eigenvalue weighted by atomic mass is 10.2. The molecule has 0 bridgehead atoms. The van der Waals surface area contributed by atoms with E-state index in [1.165, 1.54) is 0 Å². The van der Waals surface area contributed by atoms with E-state index in [2.05, 4.69) is 12.2 Å². The van der Waals surface area contributed by atoms with Crippen LogP contribution in [0.1, 0.15) is 39.0 Å². The maximum atomic E-state index is 12.2. The fraction of sp³-hybridized carbons (Fsp3) is 1.00. The number of sulfonamides is 1. The van der Waals surface area contributed by atoms with Crippen molar-refractivity contribution in [2.24, 2.45) is 0 Å². The van der Waals surface area contributed by atoms with Crippen molar-refractivity contribution in [1.29, 1.82) is 0 Å². The third-order valence-corrected chi connectivity index (χ3v) is 5.48. The van der Waals surface area contributed by atoms with Gasteiger partial charge >= 0.3 is 0 Å². The number of unbranched alkanes of at least 4 members (excludes halogenated alkanes) is 2. The molecule has 1 atom stereocenters. The second-order valence-corrected chi connectivity index (χ2v) is 6.86. The van der Waals surface area contributed by atoms with E-state index in [0.29, 0.717) is 13.1 Å². The average Bonchev–Trinajstić information content (AvgIpc) is 2.30. The molecule has 0 aliphatic carbocycles. The number of hydrogen-bond donors (Lipinski definition) is 1. The standard InChI is InChI=1S/C11H24N2O2S/c1-3-4-5-9-13(2)16(14,15)11-7-6-8-12-10-11/h11-12H,3-10H2,1-2H3. The Hall–Kier alpha value is -0.130. The van der Waals surface area contributed by atoms with Crippen molar-refractivity contribution in [3.63, 3.8) is 0 Å². The normalized spacial score (nSPS) is 22.6. The van der Waals surface area contributed by atoms with Crippen LogP contribution in [-0.4, -0.2) is 44.7 Å². The molecule has 5 heteroatoms. The highest BCUT2D eigenvalue weighted by molar-refractivity contribution is 7.89. The first-order valence-corrected chi connectivity index (χ1v) is 7.75. The summed E-state index contributed by atoms with van der Waals surface area (Å²) in [5.74, 6) is 0. The molecular formula is C11H24N2O2S. The highest BCUT2D eigenvalue weighted by Gasteiger charge is 2.30. The van der Waals surface area contributed by atoms with E-state index in [-0.39, 0.29) is 5.25 Å². The molecule has 0 amide bonds. The Morgan fingerprint density at radius 3 is 2.69 bits per heavy atom. The van der Waals surface area contributed by atoms with Crippen molar-refractivity contribution in [3.05, 3.63) is 0 Å². The van der Waals surface area contributed by atoms with E-state index in [4.69, 9.17) is 0 Å². The third kappa shape index (κ3) is 3.71. The molecule has 0 spiro atoms. The van der Waals surface area contributed by atoms with Gasteiger partial charge in [0.2, 0.25) is 10.0 Å². The van der Waals surface area contributed by atoms with Crippen LogP contribution in [0, 0.1) is 0 Å². The molecule has 0 aromatic rings. The molecule has 0 saturated carbocycles. The van der Waals surface area contributed by atoms with Gasteiger partial charge in [0.15, 0.2) is 0 Å². The van der Waals surface area contributed by atoms with Crippen molar-refractivity contribution in [2.45, 2.75) is 44.3 Å². The number of hydrogen-bond acceptors (Lipinski definition) is 3. The number of nitrogens with zero attached hydrogens (tertiary/aromatic N) is 1. The fourth-order valence-electron chi connectivity index (χ4n) is 2.04. The SMILES string of the molecule is CCCCCN(C)S(=O)(=O)C1CCCNC1. The molecule has 1 heterocycles. The molecule has 1 unspecified atom stereocenters. The summed E-state index contributed by atoms with van der Waals surface area (Å²) in [4.78, 5) is 0. The lowest BCUT2D eigenvalue weighted by Gasteiger charge is -2.27. The van der Waals surface area contributed by atoms with Gasteiger partial charge in [0.1, 0.15) is 0 Å². The molecule has 0 radical (unpaired) electrons. The van der Waals surface area contributed by atoms with Crippen molar-refractivity contribution in [1.82, 2.24) is 9.62 Å². The summed E-state index contributed by atoms with van der Waals surface area (Å²) in [6.45, 7) is 4.35. The molecule has 0 aromatic heterocycles. The van der Waals surface area contributed by atoms with Gasteiger partial charge in [-0.3, -0.25) is 0 Å². The van der Waals surface area contributed by atoms with E-state index < -0.39 is 10.0 Å². The molecule has 1 saturated heterocycles. The topological polar surface area (TPSA) is 49.4 Å². The van der Waals surface area contributed by atoms with E-state index in [0.717, 1.165) is 38.6 Å². The van der Waals surface area contributed by atoms with Gasteiger partial charge in [0, 0.05) is 20.1 Å². The van der Waals surface area contributed by atoms with Gasteiger partial charge in [-0.25, -0.2) is 12.7 Å². The minimum Gasteiger partial charge on any atom is -0.315 e. The van der Waals surface area contributed by atoms with Gasteiger partial charge in [-0.05, 0) is 25.8 Å². The molecule has 96 valence electrons. The van der Waals surface area contributed by atoms with E-state index >= 15 is 0 Å². The highest BCUT2D eigenvalue weighted by atomic mass is 32.2. The lowest BCUT2D eigenvalue weighted by Crippen LogP contribution is -2.45. The van der Waals surface area contributed by atoms with E-state index in [1.54, 1.807) is 11.4 Å².